The van der Waals surface area contributed by atoms with Crippen molar-refractivity contribution in [3.63, 3.8) is 0 Å². The number of benzene rings is 2. The maximum Gasteiger partial charge on any atom is 0.278 e. The fourth-order valence-corrected chi connectivity index (χ4v) is 3.27. The van der Waals surface area contributed by atoms with E-state index in [4.69, 9.17) is 16.3 Å². The number of hydrogen-bond acceptors (Lipinski definition) is 5. The van der Waals surface area contributed by atoms with Gasteiger partial charge in [-0.05, 0) is 47.4 Å². The topological polar surface area (TPSA) is 86.9 Å². The van der Waals surface area contributed by atoms with E-state index in [0.29, 0.717) is 17.5 Å². The zero-order valence-electron chi connectivity index (χ0n) is 17.8. The number of carbonyl (C=O) groups is 1. The molecule has 0 unspecified atom stereocenters. The molecule has 4 rings (SSSR count). The molecular weight excluding hydrogens is 428 g/mol. The van der Waals surface area contributed by atoms with Gasteiger partial charge in [0, 0.05) is 11.2 Å². The highest BCUT2D eigenvalue weighted by Gasteiger charge is 2.13. The highest BCUT2D eigenvalue weighted by molar-refractivity contribution is 6.30. The van der Waals surface area contributed by atoms with Crippen LogP contribution in [0.15, 0.2) is 67.1 Å². The molecule has 0 saturated heterocycles. The monoisotopic (exact) mass is 450 g/mol. The van der Waals surface area contributed by atoms with Crippen molar-refractivity contribution in [3.05, 3.63) is 89.0 Å². The van der Waals surface area contributed by atoms with Gasteiger partial charge in [-0.15, -0.1) is 5.10 Å². The Bertz CT molecular complexity index is 1200. The number of ether oxygens (including phenoxy) is 1. The van der Waals surface area contributed by atoms with Crippen molar-refractivity contribution in [3.8, 4) is 5.75 Å². The van der Waals surface area contributed by atoms with E-state index >= 15 is 0 Å². The van der Waals surface area contributed by atoms with Crippen LogP contribution in [0, 0.1) is 0 Å². The van der Waals surface area contributed by atoms with Crippen LogP contribution in [0.5, 0.6) is 5.75 Å². The molecule has 4 aromatic rings. The normalized spacial score (nSPS) is 11.0. The van der Waals surface area contributed by atoms with Crippen molar-refractivity contribution in [1.82, 2.24) is 24.5 Å². The van der Waals surface area contributed by atoms with Crippen LogP contribution in [0.25, 0.3) is 0 Å². The van der Waals surface area contributed by atoms with Gasteiger partial charge in [-0.2, -0.15) is 5.10 Å². The summed E-state index contributed by atoms with van der Waals surface area (Å²) >= 11 is 6.01. The maximum absolute atomic E-state index is 12.5. The van der Waals surface area contributed by atoms with Crippen molar-refractivity contribution < 1.29 is 9.53 Å². The molecule has 0 saturated carbocycles. The molecule has 0 aliphatic heterocycles. The molecule has 0 bridgehead atoms. The number of anilines is 1. The molecule has 0 aliphatic carbocycles. The van der Waals surface area contributed by atoms with E-state index in [-0.39, 0.29) is 18.4 Å². The van der Waals surface area contributed by atoms with E-state index in [2.05, 4.69) is 34.3 Å². The lowest BCUT2D eigenvalue weighted by Crippen LogP contribution is -2.15. The molecular formula is C23H23ClN6O2. The first-order valence-electron chi connectivity index (χ1n) is 10.2. The first kappa shape index (κ1) is 21.6. The van der Waals surface area contributed by atoms with E-state index in [9.17, 15) is 4.79 Å². The number of rotatable bonds is 8. The van der Waals surface area contributed by atoms with Gasteiger partial charge in [0.05, 0.1) is 6.54 Å². The lowest BCUT2D eigenvalue weighted by atomic mass is 10.0. The summed E-state index contributed by atoms with van der Waals surface area (Å²) in [4.78, 5) is 16.6. The maximum atomic E-state index is 12.5. The average molecular weight is 451 g/mol. The van der Waals surface area contributed by atoms with Gasteiger partial charge in [0.15, 0.2) is 12.4 Å². The second-order valence-electron chi connectivity index (χ2n) is 7.59. The highest BCUT2D eigenvalue weighted by Crippen LogP contribution is 2.19. The van der Waals surface area contributed by atoms with Gasteiger partial charge in [0.1, 0.15) is 12.1 Å². The first-order valence-corrected chi connectivity index (χ1v) is 10.6. The quantitative estimate of drug-likeness (QED) is 0.424. The Kier molecular flexibility index (Phi) is 6.51. The van der Waals surface area contributed by atoms with E-state index < -0.39 is 5.91 Å². The number of nitrogens with one attached hydrogen (secondary N) is 1. The van der Waals surface area contributed by atoms with Gasteiger partial charge in [0.25, 0.3) is 5.91 Å². The second-order valence-corrected chi connectivity index (χ2v) is 8.02. The Morgan fingerprint density at radius 1 is 1.09 bits per heavy atom. The molecule has 1 N–H and O–H groups in total. The van der Waals surface area contributed by atoms with Crippen LogP contribution in [0.3, 0.4) is 0 Å². The lowest BCUT2D eigenvalue weighted by molar-refractivity contribution is 0.101. The summed E-state index contributed by atoms with van der Waals surface area (Å²) in [5, 5.41) is 11.8. The number of carbonyl (C=O) groups excluding carboxylic acids is 1. The van der Waals surface area contributed by atoms with Crippen molar-refractivity contribution in [1.29, 1.82) is 0 Å². The molecule has 0 aliphatic rings. The SMILES string of the molecule is CC(C)c1ccc(OCn2ccc(C(=O)Nc3ncn(Cc4cccc(Cl)c4)n3)n2)cc1. The number of aromatic nitrogens is 5. The minimum atomic E-state index is -0.398. The van der Waals surface area contributed by atoms with Gasteiger partial charge in [0.2, 0.25) is 5.95 Å². The second kappa shape index (κ2) is 9.65. The Morgan fingerprint density at radius 2 is 1.91 bits per heavy atom. The summed E-state index contributed by atoms with van der Waals surface area (Å²) in [5.74, 6) is 1.01. The zero-order valence-corrected chi connectivity index (χ0v) is 18.5. The molecule has 164 valence electrons. The summed E-state index contributed by atoms with van der Waals surface area (Å²) in [6.07, 6.45) is 3.23. The average Bonchev–Trinajstić information content (AvgIpc) is 3.42. The summed E-state index contributed by atoms with van der Waals surface area (Å²) in [6.45, 7) is 4.98. The number of halogens is 1. The van der Waals surface area contributed by atoms with Crippen molar-refractivity contribution in [2.24, 2.45) is 0 Å². The third-order valence-corrected chi connectivity index (χ3v) is 5.01. The van der Waals surface area contributed by atoms with Gasteiger partial charge in [-0.1, -0.05) is 49.7 Å². The molecule has 0 atom stereocenters. The van der Waals surface area contributed by atoms with Crippen molar-refractivity contribution >= 4 is 23.5 Å². The van der Waals surface area contributed by atoms with Gasteiger partial charge in [-0.3, -0.25) is 10.1 Å². The van der Waals surface area contributed by atoms with E-state index in [1.165, 1.54) is 5.56 Å². The Labute approximate surface area is 190 Å². The standard InChI is InChI=1S/C23H23ClN6O2/c1-16(2)18-6-8-20(9-7-18)32-15-29-11-10-21(27-29)22(31)26-23-25-14-30(28-23)13-17-4-3-5-19(24)12-17/h3-12,14,16H,13,15H2,1-2H3,(H,26,28,31). The van der Waals surface area contributed by atoms with E-state index in [1.54, 1.807) is 28.0 Å². The molecule has 1 amide bonds. The van der Waals surface area contributed by atoms with Crippen LogP contribution in [0.4, 0.5) is 5.95 Å². The molecule has 0 radical (unpaired) electrons. The molecule has 2 heterocycles. The van der Waals surface area contributed by atoms with E-state index in [1.807, 2.05) is 48.5 Å². The van der Waals surface area contributed by atoms with Crippen LogP contribution in [-0.2, 0) is 13.3 Å². The molecule has 0 spiro atoms. The van der Waals surface area contributed by atoms with Crippen LogP contribution in [-0.4, -0.2) is 30.5 Å². The predicted octanol–water partition coefficient (Wildman–Crippen LogP) is 4.59. The Balaban J connectivity index is 1.31. The van der Waals surface area contributed by atoms with Crippen LogP contribution in [0.2, 0.25) is 5.02 Å². The molecule has 32 heavy (non-hydrogen) atoms. The lowest BCUT2D eigenvalue weighted by Gasteiger charge is -2.09. The summed E-state index contributed by atoms with van der Waals surface area (Å²) in [7, 11) is 0. The predicted molar refractivity (Wildman–Crippen MR) is 122 cm³/mol. The van der Waals surface area contributed by atoms with Crippen molar-refractivity contribution in [2.45, 2.75) is 33.0 Å². The van der Waals surface area contributed by atoms with Gasteiger partial charge in [-0.25, -0.2) is 14.3 Å². The number of hydrogen-bond donors (Lipinski definition) is 1. The first-order chi connectivity index (χ1) is 15.5. The molecule has 2 aromatic heterocycles. The number of amides is 1. The fourth-order valence-electron chi connectivity index (χ4n) is 3.06. The Hall–Kier alpha value is -3.65. The fraction of sp³-hybridized carbons (Fsp3) is 0.217. The third kappa shape index (κ3) is 5.53. The van der Waals surface area contributed by atoms with Crippen LogP contribution < -0.4 is 10.1 Å². The molecule has 0 fully saturated rings. The smallest absolute Gasteiger partial charge is 0.278 e. The Morgan fingerprint density at radius 3 is 2.66 bits per heavy atom. The minimum absolute atomic E-state index is 0.195. The van der Waals surface area contributed by atoms with Gasteiger partial charge >= 0.3 is 0 Å². The van der Waals surface area contributed by atoms with Crippen LogP contribution in [0.1, 0.15) is 41.4 Å². The van der Waals surface area contributed by atoms with Crippen LogP contribution >= 0.6 is 11.6 Å². The molecule has 9 heteroatoms. The minimum Gasteiger partial charge on any atom is -0.471 e. The summed E-state index contributed by atoms with van der Waals surface area (Å²) < 4.78 is 8.91. The van der Waals surface area contributed by atoms with Crippen molar-refractivity contribution in [2.75, 3.05) is 5.32 Å². The highest BCUT2D eigenvalue weighted by atomic mass is 35.5. The molecule has 2 aromatic carbocycles. The third-order valence-electron chi connectivity index (χ3n) is 4.78. The summed E-state index contributed by atoms with van der Waals surface area (Å²) in [6, 6.07) is 17.0. The number of nitrogens with zero attached hydrogens (tertiary/aromatic N) is 5. The van der Waals surface area contributed by atoms with E-state index in [0.717, 1.165) is 11.3 Å². The largest absolute Gasteiger partial charge is 0.471 e. The van der Waals surface area contributed by atoms with Gasteiger partial charge < -0.3 is 4.74 Å². The summed E-state index contributed by atoms with van der Waals surface area (Å²) in [5.41, 5.74) is 2.48. The molecule has 8 nitrogen and oxygen atoms in total. The zero-order chi connectivity index (χ0) is 22.5.